The Labute approximate surface area is 47.7 Å². The van der Waals surface area contributed by atoms with Gasteiger partial charge in [-0.25, -0.2) is 0 Å². The Kier molecular flexibility index (Phi) is 5.44. The molecular weight excluding hydrogens is 108 g/mol. The molecule has 0 unspecified atom stereocenters. The molecule has 0 aliphatic rings. The number of hydrogen-bond acceptors (Lipinski definition) is 3. The molecule has 0 heterocycles. The molecule has 7 heavy (non-hydrogen) atoms. The lowest BCUT2D eigenvalue weighted by Gasteiger charge is -1.70. The number of rotatable bonds is 2. The summed E-state index contributed by atoms with van der Waals surface area (Å²) in [5.74, 6) is 0. The summed E-state index contributed by atoms with van der Waals surface area (Å²) in [7, 11) is 0. The Morgan fingerprint density at radius 3 is 2.57 bits per heavy atom. The van der Waals surface area contributed by atoms with E-state index in [-0.39, 0.29) is 0 Å². The van der Waals surface area contributed by atoms with Gasteiger partial charge < -0.3 is 0 Å². The maximum absolute atomic E-state index is 3.62. The van der Waals surface area contributed by atoms with Crippen molar-refractivity contribution in [3.05, 3.63) is 0 Å². The van der Waals surface area contributed by atoms with Crippen molar-refractivity contribution in [3.63, 3.8) is 0 Å². The second kappa shape index (κ2) is 5.69. The van der Waals surface area contributed by atoms with Gasteiger partial charge in [0.1, 0.15) is 0 Å². The highest BCUT2D eigenvalue weighted by atomic mass is 32.2. The third-order valence-corrected chi connectivity index (χ3v) is 0.640. The van der Waals surface area contributed by atoms with E-state index in [1.165, 1.54) is 11.8 Å². The summed E-state index contributed by atoms with van der Waals surface area (Å²) >= 11 is 1.54. The summed E-state index contributed by atoms with van der Waals surface area (Å²) in [4.78, 5) is 0. The van der Waals surface area contributed by atoms with Crippen LogP contribution in [0.4, 0.5) is 0 Å². The third kappa shape index (κ3) is 5.69. The van der Waals surface area contributed by atoms with Gasteiger partial charge in [0.2, 0.25) is 0 Å². The van der Waals surface area contributed by atoms with E-state index >= 15 is 0 Å². The van der Waals surface area contributed by atoms with Crippen molar-refractivity contribution in [2.24, 2.45) is 10.2 Å². The first-order chi connectivity index (χ1) is 3.41. The van der Waals surface area contributed by atoms with Crippen LogP contribution < -0.4 is 0 Å². The average Bonchev–Trinajstić information content (AvgIpc) is 1.69. The molecule has 3 heteroatoms. The average molecular weight is 116 g/mol. The van der Waals surface area contributed by atoms with Gasteiger partial charge in [0.05, 0.1) is 5.55 Å². The largest absolute Gasteiger partial charge is 0.163 e. The zero-order valence-electron chi connectivity index (χ0n) is 4.46. The van der Waals surface area contributed by atoms with Gasteiger partial charge in [0.15, 0.2) is 0 Å². The molecule has 0 aliphatic heterocycles. The van der Waals surface area contributed by atoms with E-state index in [0.29, 0.717) is 0 Å². The van der Waals surface area contributed by atoms with Gasteiger partial charge in [-0.3, -0.25) is 0 Å². The molecule has 0 radical (unpaired) electrons. The normalized spacial score (nSPS) is 11.7. The zero-order valence-corrected chi connectivity index (χ0v) is 5.27. The molecule has 0 N–H and O–H groups in total. The minimum absolute atomic E-state index is 1.54. The van der Waals surface area contributed by atoms with Crippen molar-refractivity contribution in [1.82, 2.24) is 0 Å². The molecule has 0 aliphatic carbocycles. The van der Waals surface area contributed by atoms with E-state index in [4.69, 9.17) is 0 Å². The first-order valence-corrected chi connectivity index (χ1v) is 3.23. The molecule has 0 aromatic carbocycles. The minimum Gasteiger partial charge on any atom is -0.163 e. The summed E-state index contributed by atoms with van der Waals surface area (Å²) in [5, 5.41) is 7.20. The highest BCUT2D eigenvalue weighted by Crippen LogP contribution is 1.81. The molecule has 0 aromatic heterocycles. The van der Waals surface area contributed by atoms with Crippen molar-refractivity contribution in [2.45, 2.75) is 6.92 Å². The maximum Gasteiger partial charge on any atom is 0.0822 e. The highest BCUT2D eigenvalue weighted by Gasteiger charge is 1.58. The Bertz CT molecular complexity index is 77.8. The lowest BCUT2D eigenvalue weighted by Crippen LogP contribution is -1.57. The summed E-state index contributed by atoms with van der Waals surface area (Å²) < 4.78 is 0. The van der Waals surface area contributed by atoms with Crippen LogP contribution in [-0.4, -0.2) is 18.0 Å². The third-order valence-electron chi connectivity index (χ3n) is 0.335. The molecule has 0 aromatic rings. The fourth-order valence-corrected chi connectivity index (χ4v) is 0.290. The molecule has 0 spiro atoms. The molecule has 0 bridgehead atoms. The van der Waals surface area contributed by atoms with Crippen LogP contribution in [0.1, 0.15) is 6.92 Å². The Morgan fingerprint density at radius 1 is 1.43 bits per heavy atom. The predicted molar refractivity (Wildman–Crippen MR) is 36.2 cm³/mol. The Balaban J connectivity index is 3.09. The number of hydrogen-bond donors (Lipinski definition) is 0. The second-order valence-electron chi connectivity index (χ2n) is 0.830. The number of nitrogens with zero attached hydrogens (tertiary/aromatic N) is 2. The van der Waals surface area contributed by atoms with Crippen molar-refractivity contribution in [3.8, 4) is 0 Å². The van der Waals surface area contributed by atoms with E-state index in [2.05, 4.69) is 10.2 Å². The zero-order chi connectivity index (χ0) is 5.54. The molecule has 40 valence electrons. The monoisotopic (exact) mass is 116 g/mol. The van der Waals surface area contributed by atoms with E-state index in [1.54, 1.807) is 11.8 Å². The van der Waals surface area contributed by atoms with Crippen LogP contribution in [0.25, 0.3) is 0 Å². The quantitative estimate of drug-likeness (QED) is 0.304. The van der Waals surface area contributed by atoms with Crippen LogP contribution in [-0.2, 0) is 0 Å². The molecule has 0 rings (SSSR count). The summed E-state index contributed by atoms with van der Waals surface area (Å²) in [5.41, 5.74) is 1.68. The van der Waals surface area contributed by atoms with Crippen molar-refractivity contribution >= 4 is 23.5 Å². The molecule has 0 atom stereocenters. The van der Waals surface area contributed by atoms with Crippen LogP contribution in [0.3, 0.4) is 0 Å². The second-order valence-corrected chi connectivity index (χ2v) is 1.51. The molecule has 0 fully saturated rings. The predicted octanol–water partition coefficient (Wildman–Crippen LogP) is 1.38. The molecule has 0 amide bonds. The van der Waals surface area contributed by atoms with Crippen LogP contribution in [0.2, 0.25) is 0 Å². The van der Waals surface area contributed by atoms with E-state index in [9.17, 15) is 0 Å². The van der Waals surface area contributed by atoms with Gasteiger partial charge in [0.25, 0.3) is 0 Å². The van der Waals surface area contributed by atoms with Crippen LogP contribution >= 0.6 is 11.8 Å². The summed E-state index contributed by atoms with van der Waals surface area (Å²) in [6.45, 7) is 1.83. The van der Waals surface area contributed by atoms with Crippen molar-refractivity contribution < 1.29 is 0 Å². The van der Waals surface area contributed by atoms with Gasteiger partial charge in [-0.05, 0) is 13.2 Å². The highest BCUT2D eigenvalue weighted by molar-refractivity contribution is 8.11. The van der Waals surface area contributed by atoms with Gasteiger partial charge in [-0.1, -0.05) is 0 Å². The fraction of sp³-hybridized carbons (Fsp3) is 0.500. The standard InChI is InChI=1S/C4H8N2S/c1-3-5-6-4-7-2/h3-4H,1-2H3/b5-3-,6-4-. The van der Waals surface area contributed by atoms with E-state index in [1.807, 2.05) is 13.2 Å². The SMILES string of the molecule is C/C=N\N=C/SC. The fourth-order valence-electron chi connectivity index (χ4n) is 0.141. The lowest BCUT2D eigenvalue weighted by molar-refractivity contribution is 1.27. The van der Waals surface area contributed by atoms with E-state index < -0.39 is 0 Å². The Morgan fingerprint density at radius 2 is 2.14 bits per heavy atom. The van der Waals surface area contributed by atoms with Gasteiger partial charge in [-0.15, -0.1) is 11.8 Å². The molecular formula is C4H8N2S. The van der Waals surface area contributed by atoms with Crippen LogP contribution in [0.15, 0.2) is 10.2 Å². The Hall–Kier alpha value is -0.310. The maximum atomic E-state index is 3.62. The number of thioether (sulfide) groups is 1. The molecule has 2 nitrogen and oxygen atoms in total. The minimum atomic E-state index is 1.54. The van der Waals surface area contributed by atoms with Gasteiger partial charge in [0, 0.05) is 6.21 Å². The van der Waals surface area contributed by atoms with Crippen LogP contribution in [0.5, 0.6) is 0 Å². The van der Waals surface area contributed by atoms with Crippen LogP contribution in [0, 0.1) is 0 Å². The van der Waals surface area contributed by atoms with Crippen molar-refractivity contribution in [1.29, 1.82) is 0 Å². The molecule has 0 saturated heterocycles. The van der Waals surface area contributed by atoms with E-state index in [0.717, 1.165) is 0 Å². The summed E-state index contributed by atoms with van der Waals surface area (Å²) in [6, 6.07) is 0. The molecule has 0 saturated carbocycles. The first-order valence-electron chi connectivity index (χ1n) is 1.94. The first kappa shape index (κ1) is 6.69. The topological polar surface area (TPSA) is 24.7 Å². The van der Waals surface area contributed by atoms with Gasteiger partial charge >= 0.3 is 0 Å². The smallest absolute Gasteiger partial charge is 0.0822 e. The van der Waals surface area contributed by atoms with Crippen molar-refractivity contribution in [2.75, 3.05) is 6.26 Å². The summed E-state index contributed by atoms with van der Waals surface area (Å²) in [6.07, 6.45) is 3.58. The van der Waals surface area contributed by atoms with Gasteiger partial charge in [-0.2, -0.15) is 10.2 Å². The lowest BCUT2D eigenvalue weighted by atomic mass is 10.9.